The number of halogens is 1. The third kappa shape index (κ3) is 8.03. The Bertz CT molecular complexity index is 706. The van der Waals surface area contributed by atoms with Crippen LogP contribution in [0.5, 0.6) is 5.75 Å². The monoisotopic (exact) mass is 468 g/mol. The lowest BCUT2D eigenvalue weighted by molar-refractivity contribution is 0.223. The number of hydrogen-bond acceptors (Lipinski definition) is 3. The van der Waals surface area contributed by atoms with E-state index in [-0.39, 0.29) is 30.1 Å². The number of rotatable bonds is 7. The van der Waals surface area contributed by atoms with E-state index in [0.29, 0.717) is 13.1 Å². The predicted octanol–water partition coefficient (Wildman–Crippen LogP) is 3.84. The summed E-state index contributed by atoms with van der Waals surface area (Å²) in [5.74, 6) is 1.66. The Hall–Kier alpha value is -1.83. The lowest BCUT2D eigenvalue weighted by Crippen LogP contribution is -2.41. The van der Waals surface area contributed by atoms with Crippen LogP contribution in [0.25, 0.3) is 0 Å². The van der Waals surface area contributed by atoms with E-state index in [0.717, 1.165) is 29.6 Å². The van der Waals surface area contributed by atoms with Crippen LogP contribution in [-0.4, -0.2) is 30.1 Å². The van der Waals surface area contributed by atoms with Gasteiger partial charge in [0.2, 0.25) is 0 Å². The number of ether oxygens (including phenoxy) is 1. The quantitative estimate of drug-likeness (QED) is 0.369. The van der Waals surface area contributed by atoms with E-state index in [2.05, 4.69) is 40.5 Å². The zero-order valence-corrected chi connectivity index (χ0v) is 18.3. The Labute approximate surface area is 173 Å². The van der Waals surface area contributed by atoms with Crippen molar-refractivity contribution in [1.82, 2.24) is 15.6 Å². The van der Waals surface area contributed by atoms with Crippen molar-refractivity contribution in [2.75, 3.05) is 13.1 Å². The third-order valence-electron chi connectivity index (χ3n) is 3.57. The second kappa shape index (κ2) is 11.7. The van der Waals surface area contributed by atoms with Crippen molar-refractivity contribution in [2.24, 2.45) is 4.99 Å². The van der Waals surface area contributed by atoms with Gasteiger partial charge >= 0.3 is 0 Å². The highest BCUT2D eigenvalue weighted by molar-refractivity contribution is 14.0. The van der Waals surface area contributed by atoms with Gasteiger partial charge in [-0.3, -0.25) is 4.98 Å². The Morgan fingerprint density at radius 2 is 1.92 bits per heavy atom. The first-order chi connectivity index (χ1) is 12.1. The summed E-state index contributed by atoms with van der Waals surface area (Å²) in [4.78, 5) is 9.07. The molecule has 0 spiro atoms. The first-order valence-electron chi connectivity index (χ1n) is 8.75. The minimum atomic E-state index is 0. The second-order valence-corrected chi connectivity index (χ2v) is 6.09. The molecule has 2 N–H and O–H groups in total. The van der Waals surface area contributed by atoms with Crippen molar-refractivity contribution in [3.8, 4) is 5.75 Å². The van der Waals surface area contributed by atoms with E-state index in [1.165, 1.54) is 5.56 Å². The fraction of sp³-hybridized carbons (Fsp3) is 0.400. The van der Waals surface area contributed by atoms with Gasteiger partial charge in [-0.1, -0.05) is 18.2 Å². The van der Waals surface area contributed by atoms with Crippen molar-refractivity contribution >= 4 is 29.9 Å². The fourth-order valence-corrected chi connectivity index (χ4v) is 2.39. The summed E-state index contributed by atoms with van der Waals surface area (Å²) in [6.45, 7) is 10.2. The number of benzene rings is 1. The fourth-order valence-electron chi connectivity index (χ4n) is 2.39. The Kier molecular flexibility index (Phi) is 10.0. The number of pyridine rings is 1. The van der Waals surface area contributed by atoms with Crippen molar-refractivity contribution in [2.45, 2.75) is 40.3 Å². The minimum Gasteiger partial charge on any atom is -0.489 e. The molecule has 0 aliphatic rings. The number of nitrogens with one attached hydrogen (secondary N) is 2. The van der Waals surface area contributed by atoms with Crippen LogP contribution in [0.1, 0.15) is 30.8 Å². The average Bonchev–Trinajstić information content (AvgIpc) is 2.57. The van der Waals surface area contributed by atoms with Crippen LogP contribution in [-0.2, 0) is 6.54 Å². The Morgan fingerprint density at radius 3 is 2.62 bits per heavy atom. The molecule has 6 heteroatoms. The van der Waals surface area contributed by atoms with Crippen molar-refractivity contribution < 1.29 is 4.74 Å². The van der Waals surface area contributed by atoms with Crippen molar-refractivity contribution in [1.29, 1.82) is 0 Å². The molecule has 142 valence electrons. The molecule has 1 unspecified atom stereocenters. The van der Waals surface area contributed by atoms with Crippen LogP contribution in [0.15, 0.2) is 47.5 Å². The maximum Gasteiger partial charge on any atom is 0.191 e. The minimum absolute atomic E-state index is 0. The van der Waals surface area contributed by atoms with Crippen LogP contribution in [0.2, 0.25) is 0 Å². The molecule has 1 aromatic carbocycles. The smallest absolute Gasteiger partial charge is 0.191 e. The number of aryl methyl sites for hydroxylation is 2. The van der Waals surface area contributed by atoms with Gasteiger partial charge in [-0.2, -0.15) is 0 Å². The van der Waals surface area contributed by atoms with Crippen molar-refractivity contribution in [3.05, 3.63) is 59.4 Å². The van der Waals surface area contributed by atoms with E-state index in [1.807, 2.05) is 50.2 Å². The molecule has 0 radical (unpaired) electrons. The third-order valence-corrected chi connectivity index (χ3v) is 3.57. The Balaban J connectivity index is 0.00000338. The molecule has 0 fully saturated rings. The summed E-state index contributed by atoms with van der Waals surface area (Å²) < 4.78 is 5.94. The van der Waals surface area contributed by atoms with Gasteiger partial charge in [0.1, 0.15) is 11.9 Å². The van der Waals surface area contributed by atoms with E-state index in [4.69, 9.17) is 4.74 Å². The normalized spacial score (nSPS) is 12.1. The van der Waals surface area contributed by atoms with E-state index in [1.54, 1.807) is 0 Å². The summed E-state index contributed by atoms with van der Waals surface area (Å²) in [7, 11) is 0. The van der Waals surface area contributed by atoms with Gasteiger partial charge in [0.25, 0.3) is 0 Å². The molecule has 0 amide bonds. The van der Waals surface area contributed by atoms with E-state index >= 15 is 0 Å². The molecular weight excluding hydrogens is 439 g/mol. The molecule has 1 aromatic heterocycles. The number of aliphatic imine (C=N–C) groups is 1. The van der Waals surface area contributed by atoms with Crippen LogP contribution >= 0.6 is 24.0 Å². The van der Waals surface area contributed by atoms with Gasteiger partial charge < -0.3 is 15.4 Å². The van der Waals surface area contributed by atoms with Crippen molar-refractivity contribution in [3.63, 3.8) is 0 Å². The maximum atomic E-state index is 5.94. The largest absolute Gasteiger partial charge is 0.489 e. The maximum absolute atomic E-state index is 5.94. The molecule has 1 atom stereocenters. The van der Waals surface area contributed by atoms with Crippen LogP contribution in [0.4, 0.5) is 0 Å². The van der Waals surface area contributed by atoms with Gasteiger partial charge in [0.15, 0.2) is 5.96 Å². The average molecular weight is 468 g/mol. The van der Waals surface area contributed by atoms with Gasteiger partial charge in [-0.25, -0.2) is 4.99 Å². The molecule has 0 bridgehead atoms. The molecule has 0 saturated carbocycles. The highest BCUT2D eigenvalue weighted by atomic mass is 127. The molecule has 5 nitrogen and oxygen atoms in total. The van der Waals surface area contributed by atoms with Gasteiger partial charge in [-0.15, -0.1) is 24.0 Å². The molecule has 1 heterocycles. The first-order valence-corrected chi connectivity index (χ1v) is 8.75. The number of hydrogen-bond donors (Lipinski definition) is 2. The lowest BCUT2D eigenvalue weighted by atomic mass is 10.2. The molecule has 2 rings (SSSR count). The Morgan fingerprint density at radius 1 is 1.15 bits per heavy atom. The van der Waals surface area contributed by atoms with E-state index in [9.17, 15) is 0 Å². The second-order valence-electron chi connectivity index (χ2n) is 6.09. The summed E-state index contributed by atoms with van der Waals surface area (Å²) in [5.41, 5.74) is 3.16. The van der Waals surface area contributed by atoms with Crippen LogP contribution in [0, 0.1) is 13.8 Å². The number of guanidine groups is 1. The highest BCUT2D eigenvalue weighted by Gasteiger charge is 2.06. The first kappa shape index (κ1) is 22.2. The zero-order chi connectivity index (χ0) is 18.1. The summed E-state index contributed by atoms with van der Waals surface area (Å²) in [6, 6.07) is 14.1. The lowest BCUT2D eigenvalue weighted by Gasteiger charge is -2.18. The molecule has 2 aromatic rings. The standard InChI is InChI=1S/C20H28N4O.HI/c1-5-21-20(23-14-18-10-7-9-16(3)24-18)22-13-17(4)25-19-11-6-8-15(2)12-19;/h6-12,17H,5,13-14H2,1-4H3,(H2,21,22,23);1H. The molecule has 26 heavy (non-hydrogen) atoms. The molecule has 0 aliphatic carbocycles. The number of nitrogens with zero attached hydrogens (tertiary/aromatic N) is 2. The number of aromatic nitrogens is 1. The summed E-state index contributed by atoms with van der Waals surface area (Å²) >= 11 is 0. The summed E-state index contributed by atoms with van der Waals surface area (Å²) in [6.07, 6.45) is 0.0303. The van der Waals surface area contributed by atoms with Gasteiger partial charge in [0, 0.05) is 12.2 Å². The molecule has 0 aliphatic heterocycles. The zero-order valence-electron chi connectivity index (χ0n) is 16.0. The highest BCUT2D eigenvalue weighted by Crippen LogP contribution is 2.13. The van der Waals surface area contributed by atoms with Gasteiger partial charge in [0.05, 0.1) is 18.8 Å². The topological polar surface area (TPSA) is 58.5 Å². The van der Waals surface area contributed by atoms with Crippen LogP contribution in [0.3, 0.4) is 0 Å². The predicted molar refractivity (Wildman–Crippen MR) is 118 cm³/mol. The SMILES string of the molecule is CCNC(=NCc1cccc(C)n1)NCC(C)Oc1cccc(C)c1.I. The summed E-state index contributed by atoms with van der Waals surface area (Å²) in [5, 5.41) is 6.58. The van der Waals surface area contributed by atoms with E-state index < -0.39 is 0 Å². The molecular formula is C20H29IN4O. The van der Waals surface area contributed by atoms with Gasteiger partial charge in [-0.05, 0) is 57.5 Å². The molecule has 0 saturated heterocycles. The van der Waals surface area contributed by atoms with Crippen LogP contribution < -0.4 is 15.4 Å².